The maximum Gasteiger partial charge on any atom is 0.260 e. The zero-order valence-electron chi connectivity index (χ0n) is 10.5. The lowest BCUT2D eigenvalue weighted by atomic mass is 10.2. The van der Waals surface area contributed by atoms with Gasteiger partial charge in [-0.3, -0.25) is 0 Å². The van der Waals surface area contributed by atoms with Crippen molar-refractivity contribution in [3.8, 4) is 22.8 Å². The maximum atomic E-state index is 13.2. The maximum absolute atomic E-state index is 13.2. The summed E-state index contributed by atoms with van der Waals surface area (Å²) in [6, 6.07) is 9.47. The predicted molar refractivity (Wildman–Crippen MR) is 82.3 cm³/mol. The Kier molecular flexibility index (Phi) is 3.65. The summed E-state index contributed by atoms with van der Waals surface area (Å²) < 4.78 is 18.8. The molecule has 21 heavy (non-hydrogen) atoms. The monoisotopic (exact) mass is 367 g/mol. The van der Waals surface area contributed by atoms with E-state index >= 15 is 0 Å². The highest BCUT2D eigenvalue weighted by Gasteiger charge is 2.14. The molecule has 0 spiro atoms. The van der Waals surface area contributed by atoms with Gasteiger partial charge in [-0.15, -0.1) is 0 Å². The van der Waals surface area contributed by atoms with E-state index in [1.54, 1.807) is 30.3 Å². The van der Waals surface area contributed by atoms with Crippen molar-refractivity contribution in [1.82, 2.24) is 10.1 Å². The molecule has 0 saturated carbocycles. The fraction of sp³-hybridized carbons (Fsp3) is 0. The van der Waals surface area contributed by atoms with Gasteiger partial charge in [-0.1, -0.05) is 16.8 Å². The van der Waals surface area contributed by atoms with E-state index in [4.69, 9.17) is 21.9 Å². The number of hydrogen-bond donors (Lipinski definition) is 1. The molecule has 0 aliphatic rings. The number of halogens is 3. The minimum Gasteiger partial charge on any atom is -0.398 e. The molecule has 0 radical (unpaired) electrons. The van der Waals surface area contributed by atoms with E-state index < -0.39 is 0 Å². The second-order valence-electron chi connectivity index (χ2n) is 4.28. The van der Waals surface area contributed by atoms with Crippen LogP contribution in [0.15, 0.2) is 45.4 Å². The number of aromatic nitrogens is 2. The fourth-order valence-electron chi connectivity index (χ4n) is 1.81. The predicted octanol–water partition coefficient (Wildman–Crippen LogP) is 4.54. The van der Waals surface area contributed by atoms with E-state index in [0.29, 0.717) is 32.1 Å². The topological polar surface area (TPSA) is 64.9 Å². The average Bonchev–Trinajstić information content (AvgIpc) is 2.91. The van der Waals surface area contributed by atoms with Gasteiger partial charge in [-0.25, -0.2) is 4.39 Å². The van der Waals surface area contributed by atoms with E-state index in [0.717, 1.165) is 0 Å². The van der Waals surface area contributed by atoms with Crippen LogP contribution >= 0.6 is 27.5 Å². The first-order valence-corrected chi connectivity index (χ1v) is 7.06. The van der Waals surface area contributed by atoms with Gasteiger partial charge in [0.2, 0.25) is 5.82 Å². The van der Waals surface area contributed by atoms with E-state index in [-0.39, 0.29) is 11.7 Å². The molecule has 1 heterocycles. The highest BCUT2D eigenvalue weighted by Crippen LogP contribution is 2.29. The Morgan fingerprint density at radius 2 is 2.00 bits per heavy atom. The van der Waals surface area contributed by atoms with Crippen molar-refractivity contribution in [2.45, 2.75) is 0 Å². The summed E-state index contributed by atoms with van der Waals surface area (Å²) in [7, 11) is 0. The summed E-state index contributed by atoms with van der Waals surface area (Å²) in [5.41, 5.74) is 7.55. The van der Waals surface area contributed by atoms with Gasteiger partial charge in [0.05, 0.1) is 10.0 Å². The third kappa shape index (κ3) is 2.77. The molecule has 0 aliphatic heterocycles. The third-order valence-electron chi connectivity index (χ3n) is 2.85. The van der Waals surface area contributed by atoms with Gasteiger partial charge >= 0.3 is 0 Å². The molecule has 4 nitrogen and oxygen atoms in total. The highest BCUT2D eigenvalue weighted by molar-refractivity contribution is 9.10. The molecule has 1 aromatic heterocycles. The number of nitrogens with zero attached hydrogens (tertiary/aromatic N) is 2. The first-order chi connectivity index (χ1) is 10.0. The van der Waals surface area contributed by atoms with Crippen LogP contribution in [-0.4, -0.2) is 10.1 Å². The first-order valence-electron chi connectivity index (χ1n) is 5.89. The minimum atomic E-state index is -0.357. The molecule has 0 bridgehead atoms. The Morgan fingerprint density at radius 1 is 1.19 bits per heavy atom. The highest BCUT2D eigenvalue weighted by atomic mass is 79.9. The number of benzene rings is 2. The molecular formula is C14H8BrClFN3O. The Labute approximate surface area is 132 Å². The average molecular weight is 369 g/mol. The van der Waals surface area contributed by atoms with Crippen molar-refractivity contribution in [2.24, 2.45) is 0 Å². The molecule has 3 rings (SSSR count). The van der Waals surface area contributed by atoms with Gasteiger partial charge in [0.25, 0.3) is 5.89 Å². The molecule has 0 amide bonds. The number of nitrogens with two attached hydrogens (primary N) is 1. The van der Waals surface area contributed by atoms with Crippen molar-refractivity contribution >= 4 is 33.2 Å². The van der Waals surface area contributed by atoms with Gasteiger partial charge < -0.3 is 10.3 Å². The molecule has 0 unspecified atom stereocenters. The van der Waals surface area contributed by atoms with E-state index in [1.165, 1.54) is 6.07 Å². The smallest absolute Gasteiger partial charge is 0.260 e. The molecule has 0 atom stereocenters. The van der Waals surface area contributed by atoms with Crippen LogP contribution in [0, 0.1) is 5.82 Å². The quantitative estimate of drug-likeness (QED) is 0.674. The Balaban J connectivity index is 2.01. The summed E-state index contributed by atoms with van der Waals surface area (Å²) in [6.45, 7) is 0. The Bertz CT molecular complexity index is 822. The van der Waals surface area contributed by atoms with Crippen LogP contribution in [0.5, 0.6) is 0 Å². The van der Waals surface area contributed by atoms with Crippen molar-refractivity contribution < 1.29 is 8.91 Å². The Hall–Kier alpha value is -1.92. The number of rotatable bonds is 2. The SMILES string of the molecule is Nc1cc(Cl)ccc1-c1nc(-c2ccc(F)c(Br)c2)no1. The third-order valence-corrected chi connectivity index (χ3v) is 3.69. The van der Waals surface area contributed by atoms with Gasteiger partial charge in [0, 0.05) is 16.3 Å². The van der Waals surface area contributed by atoms with Crippen LogP contribution < -0.4 is 5.73 Å². The molecule has 106 valence electrons. The molecule has 2 aromatic carbocycles. The lowest BCUT2D eigenvalue weighted by Gasteiger charge is -2.00. The van der Waals surface area contributed by atoms with Crippen LogP contribution in [0.25, 0.3) is 22.8 Å². The van der Waals surface area contributed by atoms with Crippen molar-refractivity contribution in [3.05, 3.63) is 51.7 Å². The largest absolute Gasteiger partial charge is 0.398 e. The summed E-state index contributed by atoms with van der Waals surface area (Å²) in [5.74, 6) is 0.268. The fourth-order valence-corrected chi connectivity index (χ4v) is 2.37. The van der Waals surface area contributed by atoms with Crippen LogP contribution in [0.3, 0.4) is 0 Å². The molecule has 0 fully saturated rings. The van der Waals surface area contributed by atoms with Crippen LogP contribution in [0.1, 0.15) is 0 Å². The standard InChI is InChI=1S/C14H8BrClFN3O/c15-10-5-7(1-4-11(10)17)13-19-14(21-20-13)9-3-2-8(16)6-12(9)18/h1-6H,18H2. The summed E-state index contributed by atoms with van der Waals surface area (Å²) >= 11 is 8.97. The van der Waals surface area contributed by atoms with E-state index in [1.807, 2.05) is 0 Å². The summed E-state index contributed by atoms with van der Waals surface area (Å²) in [6.07, 6.45) is 0. The molecule has 3 aromatic rings. The summed E-state index contributed by atoms with van der Waals surface area (Å²) in [4.78, 5) is 4.27. The number of anilines is 1. The molecule has 2 N–H and O–H groups in total. The second-order valence-corrected chi connectivity index (χ2v) is 5.57. The first kappa shape index (κ1) is 14.0. The molecule has 0 aliphatic carbocycles. The van der Waals surface area contributed by atoms with Crippen LogP contribution in [0.2, 0.25) is 5.02 Å². The lowest BCUT2D eigenvalue weighted by Crippen LogP contribution is -1.90. The number of nitrogen functional groups attached to an aromatic ring is 1. The zero-order chi connectivity index (χ0) is 15.0. The second kappa shape index (κ2) is 5.46. The molecule has 0 saturated heterocycles. The van der Waals surface area contributed by atoms with Gasteiger partial charge in [-0.2, -0.15) is 4.98 Å². The minimum absolute atomic E-state index is 0.277. The number of hydrogen-bond acceptors (Lipinski definition) is 4. The lowest BCUT2D eigenvalue weighted by molar-refractivity contribution is 0.432. The van der Waals surface area contributed by atoms with Gasteiger partial charge in [0.15, 0.2) is 0 Å². The van der Waals surface area contributed by atoms with Crippen molar-refractivity contribution in [3.63, 3.8) is 0 Å². The molecular weight excluding hydrogens is 361 g/mol. The molecule has 7 heteroatoms. The van der Waals surface area contributed by atoms with E-state index in [2.05, 4.69) is 26.1 Å². The van der Waals surface area contributed by atoms with Crippen LogP contribution in [-0.2, 0) is 0 Å². The zero-order valence-corrected chi connectivity index (χ0v) is 12.8. The Morgan fingerprint density at radius 3 is 2.71 bits per heavy atom. The van der Waals surface area contributed by atoms with Crippen molar-refractivity contribution in [1.29, 1.82) is 0 Å². The van der Waals surface area contributed by atoms with Gasteiger partial charge in [0.1, 0.15) is 5.82 Å². The summed E-state index contributed by atoms with van der Waals surface area (Å²) in [5, 5.41) is 4.41. The van der Waals surface area contributed by atoms with E-state index in [9.17, 15) is 4.39 Å². The van der Waals surface area contributed by atoms with Crippen molar-refractivity contribution in [2.75, 3.05) is 5.73 Å². The van der Waals surface area contributed by atoms with Gasteiger partial charge in [-0.05, 0) is 52.3 Å². The normalized spacial score (nSPS) is 10.8. The van der Waals surface area contributed by atoms with Crippen LogP contribution in [0.4, 0.5) is 10.1 Å².